The number of benzene rings is 3. The van der Waals surface area contributed by atoms with Crippen LogP contribution >= 0.6 is 0 Å². The van der Waals surface area contributed by atoms with Crippen molar-refractivity contribution in [2.45, 2.75) is 12.2 Å². The third kappa shape index (κ3) is 4.25. The second-order valence-electron chi connectivity index (χ2n) is 7.10. The van der Waals surface area contributed by atoms with E-state index in [0.717, 1.165) is 27.8 Å². The Morgan fingerprint density at radius 1 is 1.03 bits per heavy atom. The van der Waals surface area contributed by atoms with Gasteiger partial charge in [-0.3, -0.25) is 0 Å². The SMILES string of the molecule is COC(=O)NC[C@@H](c1ccc2ccccc2c1)c1ccc(OC)cc1C1OCCO1. The fourth-order valence-electron chi connectivity index (χ4n) is 3.83. The molecule has 1 fully saturated rings. The van der Waals surface area contributed by atoms with Crippen molar-refractivity contribution in [2.75, 3.05) is 34.0 Å². The van der Waals surface area contributed by atoms with Crippen molar-refractivity contribution < 1.29 is 23.7 Å². The fraction of sp³-hybridized carbons (Fsp3) is 0.292. The van der Waals surface area contributed by atoms with Gasteiger partial charge < -0.3 is 24.3 Å². The largest absolute Gasteiger partial charge is 0.497 e. The van der Waals surface area contributed by atoms with Gasteiger partial charge >= 0.3 is 6.09 Å². The van der Waals surface area contributed by atoms with E-state index >= 15 is 0 Å². The minimum atomic E-state index is -0.468. The number of fused-ring (bicyclic) bond motifs is 1. The van der Waals surface area contributed by atoms with Gasteiger partial charge in [0, 0.05) is 18.0 Å². The lowest BCUT2D eigenvalue weighted by Crippen LogP contribution is -2.29. The summed E-state index contributed by atoms with van der Waals surface area (Å²) in [7, 11) is 2.99. The van der Waals surface area contributed by atoms with Crippen molar-refractivity contribution in [1.82, 2.24) is 5.32 Å². The number of ether oxygens (including phenoxy) is 4. The number of carbonyl (C=O) groups is 1. The molecule has 6 nitrogen and oxygen atoms in total. The number of nitrogens with one attached hydrogen (secondary N) is 1. The zero-order valence-corrected chi connectivity index (χ0v) is 17.1. The van der Waals surface area contributed by atoms with E-state index in [2.05, 4.69) is 35.6 Å². The molecule has 1 aliphatic rings. The number of carbonyl (C=O) groups excluding carboxylic acids is 1. The Labute approximate surface area is 175 Å². The molecule has 0 spiro atoms. The smallest absolute Gasteiger partial charge is 0.406 e. The van der Waals surface area contributed by atoms with Crippen molar-refractivity contribution in [3.8, 4) is 5.75 Å². The van der Waals surface area contributed by atoms with Crippen LogP contribution in [0.1, 0.15) is 28.9 Å². The molecule has 1 N–H and O–H groups in total. The first-order valence-corrected chi connectivity index (χ1v) is 9.91. The lowest BCUT2D eigenvalue weighted by atomic mass is 9.86. The average Bonchev–Trinajstić information content (AvgIpc) is 3.34. The molecule has 3 aromatic carbocycles. The van der Waals surface area contributed by atoms with Gasteiger partial charge in [0.25, 0.3) is 0 Å². The fourth-order valence-corrected chi connectivity index (χ4v) is 3.83. The normalized spacial score (nSPS) is 15.1. The summed E-state index contributed by atoms with van der Waals surface area (Å²) in [5.74, 6) is 0.605. The van der Waals surface area contributed by atoms with E-state index < -0.39 is 12.4 Å². The second-order valence-corrected chi connectivity index (χ2v) is 7.10. The monoisotopic (exact) mass is 407 g/mol. The molecule has 1 aliphatic heterocycles. The molecule has 1 atom stereocenters. The van der Waals surface area contributed by atoms with Gasteiger partial charge in [0.2, 0.25) is 0 Å². The van der Waals surface area contributed by atoms with Crippen molar-refractivity contribution in [3.63, 3.8) is 0 Å². The van der Waals surface area contributed by atoms with Crippen molar-refractivity contribution in [1.29, 1.82) is 0 Å². The Morgan fingerprint density at radius 2 is 1.80 bits per heavy atom. The predicted octanol–water partition coefficient (Wildman–Crippen LogP) is 4.38. The summed E-state index contributed by atoms with van der Waals surface area (Å²) in [5.41, 5.74) is 2.99. The molecule has 0 aliphatic carbocycles. The number of hydrogen-bond acceptors (Lipinski definition) is 5. The summed E-state index contributed by atoms with van der Waals surface area (Å²) in [6, 6.07) is 20.4. The lowest BCUT2D eigenvalue weighted by Gasteiger charge is -2.24. The van der Waals surface area contributed by atoms with E-state index in [1.165, 1.54) is 12.5 Å². The van der Waals surface area contributed by atoms with Gasteiger partial charge in [-0.05, 0) is 34.0 Å². The van der Waals surface area contributed by atoms with Gasteiger partial charge in [-0.15, -0.1) is 0 Å². The zero-order valence-electron chi connectivity index (χ0n) is 17.1. The number of amides is 1. The predicted molar refractivity (Wildman–Crippen MR) is 114 cm³/mol. The van der Waals surface area contributed by atoms with E-state index in [1.54, 1.807) is 7.11 Å². The highest BCUT2D eigenvalue weighted by Gasteiger charge is 2.27. The molecule has 156 valence electrons. The standard InChI is InChI=1S/C24H25NO5/c1-27-19-9-10-20(21(14-19)23-29-11-12-30-23)22(15-25-24(26)28-2)18-8-7-16-5-3-4-6-17(16)13-18/h3-10,13-14,22-23H,11-12,15H2,1-2H3,(H,25,26)/t22-/m0/s1. The summed E-state index contributed by atoms with van der Waals surface area (Å²) in [6.07, 6.45) is -0.930. The second kappa shape index (κ2) is 9.15. The first-order valence-electron chi connectivity index (χ1n) is 9.91. The van der Waals surface area contributed by atoms with Gasteiger partial charge in [-0.25, -0.2) is 4.79 Å². The van der Waals surface area contributed by atoms with E-state index in [1.807, 2.05) is 30.3 Å². The number of rotatable bonds is 6. The maximum absolute atomic E-state index is 11.8. The minimum absolute atomic E-state index is 0.123. The number of hydrogen-bond donors (Lipinski definition) is 1. The van der Waals surface area contributed by atoms with E-state index in [0.29, 0.717) is 19.8 Å². The summed E-state index contributed by atoms with van der Waals surface area (Å²) in [4.78, 5) is 11.8. The molecule has 30 heavy (non-hydrogen) atoms. The van der Waals surface area contributed by atoms with Crippen LogP contribution in [0.25, 0.3) is 10.8 Å². The quantitative estimate of drug-likeness (QED) is 0.657. The Hall–Kier alpha value is -3.09. The van der Waals surface area contributed by atoms with Crippen molar-refractivity contribution in [2.24, 2.45) is 0 Å². The molecule has 0 unspecified atom stereocenters. The molecule has 0 aromatic heterocycles. The Balaban J connectivity index is 1.79. The molecule has 0 radical (unpaired) electrons. The molecule has 1 saturated heterocycles. The molecule has 3 aromatic rings. The molecule has 1 heterocycles. The lowest BCUT2D eigenvalue weighted by molar-refractivity contribution is -0.0449. The minimum Gasteiger partial charge on any atom is -0.497 e. The van der Waals surface area contributed by atoms with E-state index in [4.69, 9.17) is 18.9 Å². The maximum atomic E-state index is 11.8. The summed E-state index contributed by atoms with van der Waals surface area (Å²) >= 11 is 0. The van der Waals surface area contributed by atoms with Crippen molar-refractivity contribution >= 4 is 16.9 Å². The van der Waals surface area contributed by atoms with Gasteiger partial charge in [-0.2, -0.15) is 0 Å². The van der Waals surface area contributed by atoms with Gasteiger partial charge in [-0.1, -0.05) is 48.5 Å². The Morgan fingerprint density at radius 3 is 2.53 bits per heavy atom. The van der Waals surface area contributed by atoms with E-state index in [9.17, 15) is 4.79 Å². The Bertz CT molecular complexity index is 1030. The van der Waals surface area contributed by atoms with Crippen LogP contribution in [0.15, 0.2) is 60.7 Å². The zero-order chi connectivity index (χ0) is 20.9. The molecule has 0 saturated carbocycles. The van der Waals surface area contributed by atoms with Crippen LogP contribution in [-0.2, 0) is 14.2 Å². The number of methoxy groups -OCH3 is 2. The molecular weight excluding hydrogens is 382 g/mol. The van der Waals surface area contributed by atoms with Gasteiger partial charge in [0.05, 0.1) is 27.4 Å². The van der Waals surface area contributed by atoms with Crippen LogP contribution in [0, 0.1) is 0 Å². The van der Waals surface area contributed by atoms with Crippen LogP contribution in [-0.4, -0.2) is 40.1 Å². The van der Waals surface area contributed by atoms with Crippen LogP contribution in [0.3, 0.4) is 0 Å². The van der Waals surface area contributed by atoms with Crippen LogP contribution in [0.2, 0.25) is 0 Å². The highest BCUT2D eigenvalue weighted by Crippen LogP contribution is 2.37. The van der Waals surface area contributed by atoms with E-state index in [-0.39, 0.29) is 5.92 Å². The average molecular weight is 407 g/mol. The first-order chi connectivity index (χ1) is 14.7. The maximum Gasteiger partial charge on any atom is 0.406 e. The van der Waals surface area contributed by atoms with Crippen LogP contribution in [0.5, 0.6) is 5.75 Å². The third-order valence-corrected chi connectivity index (χ3v) is 5.36. The summed E-state index contributed by atoms with van der Waals surface area (Å²) in [5, 5.41) is 5.16. The third-order valence-electron chi connectivity index (χ3n) is 5.36. The Kier molecular flexibility index (Phi) is 6.16. The molecule has 1 amide bonds. The summed E-state index contributed by atoms with van der Waals surface area (Å²) < 4.78 is 21.8. The summed E-state index contributed by atoms with van der Waals surface area (Å²) in [6.45, 7) is 1.46. The molecular formula is C24H25NO5. The van der Waals surface area contributed by atoms with Crippen LogP contribution in [0.4, 0.5) is 4.79 Å². The highest BCUT2D eigenvalue weighted by atomic mass is 16.7. The van der Waals surface area contributed by atoms with Crippen LogP contribution < -0.4 is 10.1 Å². The molecule has 4 rings (SSSR count). The highest BCUT2D eigenvalue weighted by molar-refractivity contribution is 5.83. The molecule has 0 bridgehead atoms. The van der Waals surface area contributed by atoms with Gasteiger partial charge in [0.1, 0.15) is 5.75 Å². The first kappa shape index (κ1) is 20.2. The number of alkyl carbamates (subject to hydrolysis) is 1. The topological polar surface area (TPSA) is 66.0 Å². The van der Waals surface area contributed by atoms with Crippen molar-refractivity contribution in [3.05, 3.63) is 77.4 Å². The van der Waals surface area contributed by atoms with Gasteiger partial charge in [0.15, 0.2) is 6.29 Å². The molecule has 6 heteroatoms.